The van der Waals surface area contributed by atoms with Gasteiger partial charge in [-0.25, -0.2) is 0 Å². The van der Waals surface area contributed by atoms with Crippen LogP contribution in [0.5, 0.6) is 0 Å². The van der Waals surface area contributed by atoms with Crippen molar-refractivity contribution in [2.24, 2.45) is 0 Å². The molecule has 0 fully saturated rings. The van der Waals surface area contributed by atoms with E-state index in [1.807, 2.05) is 75.4 Å². The Morgan fingerprint density at radius 3 is 0.755 bits per heavy atom. The average Bonchev–Trinajstić information content (AvgIpc) is 3.12. The number of hydrogen-bond donors (Lipinski definition) is 0. The summed E-state index contributed by atoms with van der Waals surface area (Å²) >= 11 is 0. The molecule has 6 aromatic heterocycles. The maximum atomic E-state index is 4.64. The van der Waals surface area contributed by atoms with Gasteiger partial charge >= 0.3 is 0 Å². The Bertz CT molecular complexity index is 1790. The van der Waals surface area contributed by atoms with E-state index in [0.29, 0.717) is 0 Å². The molecule has 49 heavy (non-hydrogen) atoms. The summed E-state index contributed by atoms with van der Waals surface area (Å²) in [5, 5.41) is 0. The third-order valence-corrected chi connectivity index (χ3v) is 9.63. The molecule has 0 aliphatic heterocycles. The van der Waals surface area contributed by atoms with Crippen LogP contribution < -0.4 is 0 Å². The Hall–Kier alpha value is -4.57. The molecule has 6 rings (SSSR count). The van der Waals surface area contributed by atoms with E-state index in [4.69, 9.17) is 0 Å². The summed E-state index contributed by atoms with van der Waals surface area (Å²) in [6.45, 7) is 25.3. The van der Waals surface area contributed by atoms with E-state index in [1.54, 1.807) is 18.6 Å². The molecule has 0 amide bonds. The minimum absolute atomic E-state index is 0. The van der Waals surface area contributed by atoms with Crippen molar-refractivity contribution in [3.05, 3.63) is 140 Å². The molecule has 6 heterocycles. The molecule has 252 valence electrons. The Labute approximate surface area is 303 Å². The zero-order chi connectivity index (χ0) is 35.1. The molecule has 7 heteroatoms. The Balaban J connectivity index is 0.000000197. The summed E-state index contributed by atoms with van der Waals surface area (Å²) < 4.78 is 0. The second kappa shape index (κ2) is 17.2. The molecule has 0 saturated carbocycles. The number of nitrogens with zero attached hydrogens (tertiary/aromatic N) is 6. The van der Waals surface area contributed by atoms with Crippen molar-refractivity contribution in [2.75, 3.05) is 0 Å². The van der Waals surface area contributed by atoms with E-state index in [2.05, 4.69) is 92.2 Å². The minimum Gasteiger partial charge on any atom is -0.255 e. The molecule has 0 aliphatic rings. The van der Waals surface area contributed by atoms with Crippen LogP contribution in [0.2, 0.25) is 0 Å². The van der Waals surface area contributed by atoms with E-state index in [-0.39, 0.29) is 17.4 Å². The van der Waals surface area contributed by atoms with Crippen LogP contribution in [-0.4, -0.2) is 29.9 Å². The summed E-state index contributed by atoms with van der Waals surface area (Å²) in [5.74, 6) is 0. The zero-order valence-electron chi connectivity index (χ0n) is 31.0. The van der Waals surface area contributed by atoms with Crippen LogP contribution in [0.1, 0.15) is 67.2 Å². The van der Waals surface area contributed by atoms with Crippen molar-refractivity contribution in [3.8, 4) is 34.2 Å². The fraction of sp³-hybridized carbons (Fsp3) is 0.286. The van der Waals surface area contributed by atoms with E-state index < -0.39 is 0 Å². The topological polar surface area (TPSA) is 77.3 Å². The first-order valence-corrected chi connectivity index (χ1v) is 16.4. The quantitative estimate of drug-likeness (QED) is 0.184. The molecule has 6 aromatic rings. The van der Waals surface area contributed by atoms with E-state index in [1.165, 1.54) is 50.1 Å². The first kappa shape index (κ1) is 38.9. The van der Waals surface area contributed by atoms with E-state index in [0.717, 1.165) is 51.2 Å². The van der Waals surface area contributed by atoms with Crippen molar-refractivity contribution in [2.45, 2.75) is 83.1 Å². The summed E-state index contributed by atoms with van der Waals surface area (Å²) in [5.41, 5.74) is 20.6. The van der Waals surface area contributed by atoms with Gasteiger partial charge in [0.25, 0.3) is 0 Å². The average molecular weight is 689 g/mol. The zero-order valence-corrected chi connectivity index (χ0v) is 32.3. The van der Waals surface area contributed by atoms with Gasteiger partial charge in [-0.2, -0.15) is 0 Å². The maximum Gasteiger partial charge on any atom is 0.0921 e. The van der Waals surface area contributed by atoms with Gasteiger partial charge in [-0.1, -0.05) is 18.2 Å². The predicted molar refractivity (Wildman–Crippen MR) is 199 cm³/mol. The van der Waals surface area contributed by atoms with E-state index >= 15 is 0 Å². The third-order valence-electron chi connectivity index (χ3n) is 9.63. The van der Waals surface area contributed by atoms with Gasteiger partial charge in [0.15, 0.2) is 0 Å². The predicted octanol–water partition coefficient (Wildman–Crippen LogP) is 10.1. The van der Waals surface area contributed by atoms with Gasteiger partial charge in [0.1, 0.15) is 0 Å². The first-order chi connectivity index (χ1) is 22.8. The van der Waals surface area contributed by atoms with Crippen LogP contribution in [0, 0.1) is 83.1 Å². The smallest absolute Gasteiger partial charge is 0.0921 e. The third kappa shape index (κ3) is 8.92. The second-order valence-corrected chi connectivity index (χ2v) is 12.4. The largest absolute Gasteiger partial charge is 0.255 e. The Morgan fingerprint density at radius 2 is 0.551 bits per heavy atom. The molecule has 0 saturated heterocycles. The molecule has 6 nitrogen and oxygen atoms in total. The maximum absolute atomic E-state index is 4.64. The summed E-state index contributed by atoms with van der Waals surface area (Å²) in [4.78, 5) is 27.0. The van der Waals surface area contributed by atoms with Gasteiger partial charge in [-0.3, -0.25) is 29.9 Å². The van der Waals surface area contributed by atoms with Crippen molar-refractivity contribution >= 4 is 0 Å². The summed E-state index contributed by atoms with van der Waals surface area (Å²) in [6, 6.07) is 17.8. The van der Waals surface area contributed by atoms with Gasteiger partial charge in [0.2, 0.25) is 0 Å². The molecule has 0 bridgehead atoms. The van der Waals surface area contributed by atoms with Crippen molar-refractivity contribution in [1.29, 1.82) is 0 Å². The standard InChI is InChI=1S/3C14H16N2.Cr/c3*1-9-10(2)12(4)16-14(11(9)3)13-7-5-6-8-15-13;/h3*5-8H,1-4H3;. The van der Waals surface area contributed by atoms with Gasteiger partial charge in [0.05, 0.1) is 34.2 Å². The van der Waals surface area contributed by atoms with Crippen LogP contribution in [0.15, 0.2) is 73.2 Å². The van der Waals surface area contributed by atoms with Crippen LogP contribution in [0.3, 0.4) is 0 Å². The van der Waals surface area contributed by atoms with E-state index in [9.17, 15) is 0 Å². The SMILES string of the molecule is Cc1nc(-c2ccccn2)c(C)c(C)c1C.Cc1nc(-c2ccccn2)c(C)c(C)c1C.Cc1nc(-c2ccccn2)c(C)c(C)c1C.[Cr]. The minimum atomic E-state index is 0. The molecule has 0 atom stereocenters. The molecule has 0 unspecified atom stereocenters. The van der Waals surface area contributed by atoms with Crippen molar-refractivity contribution in [3.63, 3.8) is 0 Å². The number of rotatable bonds is 3. The Morgan fingerprint density at radius 1 is 0.306 bits per heavy atom. The summed E-state index contributed by atoms with van der Waals surface area (Å²) in [6.07, 6.45) is 5.42. The second-order valence-electron chi connectivity index (χ2n) is 12.4. The molecular weight excluding hydrogens is 641 g/mol. The van der Waals surface area contributed by atoms with Crippen molar-refractivity contribution in [1.82, 2.24) is 29.9 Å². The van der Waals surface area contributed by atoms with Crippen LogP contribution in [-0.2, 0) is 17.4 Å². The normalized spacial score (nSPS) is 10.3. The first-order valence-electron chi connectivity index (χ1n) is 16.4. The van der Waals surface area contributed by atoms with Crippen molar-refractivity contribution < 1.29 is 17.4 Å². The van der Waals surface area contributed by atoms with Gasteiger partial charge in [0, 0.05) is 53.0 Å². The number of aryl methyl sites for hydroxylation is 3. The molecule has 0 aliphatic carbocycles. The number of pyridine rings is 6. The molecular formula is C42H48CrN6. The number of hydrogen-bond acceptors (Lipinski definition) is 6. The van der Waals surface area contributed by atoms with Crippen LogP contribution >= 0.6 is 0 Å². The summed E-state index contributed by atoms with van der Waals surface area (Å²) in [7, 11) is 0. The number of aromatic nitrogens is 6. The molecule has 0 radical (unpaired) electrons. The van der Waals surface area contributed by atoms with Gasteiger partial charge in [-0.05, 0) is 170 Å². The van der Waals surface area contributed by atoms with Crippen LogP contribution in [0.4, 0.5) is 0 Å². The molecule has 0 spiro atoms. The molecule has 0 N–H and O–H groups in total. The fourth-order valence-corrected chi connectivity index (χ4v) is 5.45. The Kier molecular flexibility index (Phi) is 13.6. The van der Waals surface area contributed by atoms with Gasteiger partial charge in [-0.15, -0.1) is 0 Å². The van der Waals surface area contributed by atoms with Crippen LogP contribution in [0.25, 0.3) is 34.2 Å². The fourth-order valence-electron chi connectivity index (χ4n) is 5.45. The molecule has 0 aromatic carbocycles. The van der Waals surface area contributed by atoms with Gasteiger partial charge < -0.3 is 0 Å². The monoisotopic (exact) mass is 688 g/mol.